The average Bonchev–Trinajstić information content (AvgIpc) is 2.87. The fraction of sp³-hybridized carbons (Fsp3) is 0.111. The number of nitrogens with zero attached hydrogens (tertiary/aromatic N) is 1. The van der Waals surface area contributed by atoms with Gasteiger partial charge < -0.3 is 9.47 Å². The number of hydrogen-bond donors (Lipinski definition) is 1. The number of amides is 2. The van der Waals surface area contributed by atoms with E-state index in [0.29, 0.717) is 0 Å². The standard InChI is InChI=1S/C18H13NO7/c20-14-11-18(17(23)19(14)24,25-15(21)12-7-3-1-4-8-12)26-16(22)13-9-5-2-6-10-13/h1-10,24H,11H2. The van der Waals surface area contributed by atoms with Crippen molar-refractivity contribution < 1.29 is 33.9 Å². The maximum Gasteiger partial charge on any atom is 0.348 e. The summed E-state index contributed by atoms with van der Waals surface area (Å²) in [7, 11) is 0. The number of hydroxylamine groups is 2. The van der Waals surface area contributed by atoms with Gasteiger partial charge in [0.2, 0.25) is 0 Å². The molecule has 1 N–H and O–H groups in total. The third kappa shape index (κ3) is 3.17. The molecule has 2 amide bonds. The van der Waals surface area contributed by atoms with Crippen LogP contribution >= 0.6 is 0 Å². The van der Waals surface area contributed by atoms with E-state index in [-0.39, 0.29) is 16.2 Å². The summed E-state index contributed by atoms with van der Waals surface area (Å²) in [6.07, 6.45) is -0.820. The fourth-order valence-electron chi connectivity index (χ4n) is 2.37. The highest BCUT2D eigenvalue weighted by molar-refractivity contribution is 6.08. The van der Waals surface area contributed by atoms with Crippen LogP contribution in [0.1, 0.15) is 27.1 Å². The van der Waals surface area contributed by atoms with Crippen LogP contribution in [0.2, 0.25) is 0 Å². The predicted octanol–water partition coefficient (Wildman–Crippen LogP) is 1.54. The first-order valence-corrected chi connectivity index (χ1v) is 7.56. The first kappa shape index (κ1) is 17.3. The Kier molecular flexibility index (Phi) is 4.51. The SMILES string of the molecule is O=C(OC1(OC(=O)c2ccccc2)CC(=O)N(O)C1=O)c1ccccc1. The normalized spacial score (nSPS) is 15.7. The second kappa shape index (κ2) is 6.77. The second-order valence-corrected chi connectivity index (χ2v) is 5.45. The maximum absolute atomic E-state index is 12.3. The van der Waals surface area contributed by atoms with Gasteiger partial charge in [-0.15, -0.1) is 5.06 Å². The van der Waals surface area contributed by atoms with Gasteiger partial charge in [-0.3, -0.25) is 14.8 Å². The fourth-order valence-corrected chi connectivity index (χ4v) is 2.37. The van der Waals surface area contributed by atoms with Crippen molar-refractivity contribution in [1.82, 2.24) is 5.06 Å². The number of esters is 2. The van der Waals surface area contributed by atoms with Gasteiger partial charge in [-0.25, -0.2) is 9.59 Å². The van der Waals surface area contributed by atoms with Crippen LogP contribution in [0.15, 0.2) is 60.7 Å². The third-order valence-corrected chi connectivity index (χ3v) is 3.67. The van der Waals surface area contributed by atoms with Crippen molar-refractivity contribution >= 4 is 23.8 Å². The highest BCUT2D eigenvalue weighted by Gasteiger charge is 2.59. The first-order chi connectivity index (χ1) is 12.4. The molecule has 8 nitrogen and oxygen atoms in total. The van der Waals surface area contributed by atoms with Crippen LogP contribution in [0.3, 0.4) is 0 Å². The molecule has 1 aliphatic rings. The molecule has 0 bridgehead atoms. The van der Waals surface area contributed by atoms with Crippen LogP contribution in [0.25, 0.3) is 0 Å². The lowest BCUT2D eigenvalue weighted by Crippen LogP contribution is -2.47. The van der Waals surface area contributed by atoms with Crippen LogP contribution in [0, 0.1) is 0 Å². The van der Waals surface area contributed by atoms with E-state index in [4.69, 9.17) is 9.47 Å². The molecule has 26 heavy (non-hydrogen) atoms. The van der Waals surface area contributed by atoms with E-state index >= 15 is 0 Å². The minimum absolute atomic E-state index is 0.0827. The number of carbonyl (C=O) groups is 4. The van der Waals surface area contributed by atoms with Crippen molar-refractivity contribution in [2.24, 2.45) is 0 Å². The number of carbonyl (C=O) groups excluding carboxylic acids is 4. The lowest BCUT2D eigenvalue weighted by molar-refractivity contribution is -0.200. The van der Waals surface area contributed by atoms with Crippen LogP contribution < -0.4 is 0 Å². The highest BCUT2D eigenvalue weighted by atomic mass is 16.7. The van der Waals surface area contributed by atoms with Crippen molar-refractivity contribution in [3.63, 3.8) is 0 Å². The Bertz CT molecular complexity index is 810. The topological polar surface area (TPSA) is 110 Å². The van der Waals surface area contributed by atoms with Crippen molar-refractivity contribution in [3.8, 4) is 0 Å². The number of benzene rings is 2. The molecule has 1 aliphatic heterocycles. The van der Waals surface area contributed by atoms with Gasteiger partial charge in [-0.05, 0) is 24.3 Å². The zero-order valence-corrected chi connectivity index (χ0v) is 13.3. The molecule has 8 heteroatoms. The van der Waals surface area contributed by atoms with E-state index in [1.54, 1.807) is 36.4 Å². The van der Waals surface area contributed by atoms with E-state index in [1.807, 2.05) is 0 Å². The highest BCUT2D eigenvalue weighted by Crippen LogP contribution is 2.30. The Hall–Kier alpha value is -3.52. The van der Waals surface area contributed by atoms with Gasteiger partial charge in [0.25, 0.3) is 5.91 Å². The third-order valence-electron chi connectivity index (χ3n) is 3.67. The Balaban J connectivity index is 1.91. The van der Waals surface area contributed by atoms with Crippen molar-refractivity contribution in [1.29, 1.82) is 0 Å². The molecule has 132 valence electrons. The summed E-state index contributed by atoms with van der Waals surface area (Å²) >= 11 is 0. The number of hydrogen-bond acceptors (Lipinski definition) is 7. The summed E-state index contributed by atoms with van der Waals surface area (Å²) < 4.78 is 10.2. The van der Waals surface area contributed by atoms with E-state index in [9.17, 15) is 24.4 Å². The Labute approximate surface area is 147 Å². The number of ether oxygens (including phenoxy) is 2. The van der Waals surface area contributed by atoms with Crippen LogP contribution in [0.4, 0.5) is 0 Å². The minimum Gasteiger partial charge on any atom is -0.409 e. The molecular weight excluding hydrogens is 342 g/mol. The second-order valence-electron chi connectivity index (χ2n) is 5.45. The summed E-state index contributed by atoms with van der Waals surface area (Å²) in [5.74, 6) is -6.94. The Morgan fingerprint density at radius 1 is 0.846 bits per heavy atom. The largest absolute Gasteiger partial charge is 0.409 e. The molecule has 0 radical (unpaired) electrons. The summed E-state index contributed by atoms with van der Waals surface area (Å²) in [5, 5.41) is 9.29. The molecule has 1 fully saturated rings. The van der Waals surface area contributed by atoms with Crippen molar-refractivity contribution in [3.05, 3.63) is 71.8 Å². The molecular formula is C18H13NO7. The summed E-state index contributed by atoms with van der Waals surface area (Å²) in [6.45, 7) is 0. The molecule has 2 aromatic carbocycles. The molecule has 0 atom stereocenters. The maximum atomic E-state index is 12.3. The predicted molar refractivity (Wildman–Crippen MR) is 84.7 cm³/mol. The lowest BCUT2D eigenvalue weighted by Gasteiger charge is -2.25. The molecule has 0 unspecified atom stereocenters. The molecule has 2 aromatic rings. The summed E-state index contributed by atoms with van der Waals surface area (Å²) in [5.41, 5.74) is 0.165. The molecule has 0 aromatic heterocycles. The molecule has 0 saturated carbocycles. The van der Waals surface area contributed by atoms with Gasteiger partial charge in [0.1, 0.15) is 6.42 Å². The molecule has 3 rings (SSSR count). The molecule has 1 heterocycles. The van der Waals surface area contributed by atoms with Crippen LogP contribution in [-0.4, -0.2) is 39.8 Å². The van der Waals surface area contributed by atoms with Crippen LogP contribution in [-0.2, 0) is 19.1 Å². The van der Waals surface area contributed by atoms with Gasteiger partial charge in [0.15, 0.2) is 0 Å². The summed E-state index contributed by atoms with van der Waals surface area (Å²) in [6, 6.07) is 15.3. The van der Waals surface area contributed by atoms with Crippen LogP contribution in [0.5, 0.6) is 0 Å². The van der Waals surface area contributed by atoms with E-state index < -0.39 is 36.0 Å². The lowest BCUT2D eigenvalue weighted by atomic mass is 10.2. The number of rotatable bonds is 4. The number of imide groups is 1. The van der Waals surface area contributed by atoms with Gasteiger partial charge in [-0.2, -0.15) is 0 Å². The van der Waals surface area contributed by atoms with E-state index in [1.165, 1.54) is 24.3 Å². The summed E-state index contributed by atoms with van der Waals surface area (Å²) in [4.78, 5) is 48.6. The van der Waals surface area contributed by atoms with E-state index in [2.05, 4.69) is 0 Å². The van der Waals surface area contributed by atoms with Gasteiger partial charge in [0.05, 0.1) is 11.1 Å². The zero-order valence-electron chi connectivity index (χ0n) is 13.3. The first-order valence-electron chi connectivity index (χ1n) is 7.56. The smallest absolute Gasteiger partial charge is 0.348 e. The molecule has 0 spiro atoms. The quantitative estimate of drug-likeness (QED) is 0.383. The Morgan fingerprint density at radius 2 is 1.27 bits per heavy atom. The molecule has 1 saturated heterocycles. The monoisotopic (exact) mass is 355 g/mol. The zero-order chi connectivity index (χ0) is 18.7. The minimum atomic E-state index is -2.56. The van der Waals surface area contributed by atoms with E-state index in [0.717, 1.165) is 0 Å². The van der Waals surface area contributed by atoms with Gasteiger partial charge >= 0.3 is 23.6 Å². The van der Waals surface area contributed by atoms with Crippen molar-refractivity contribution in [2.45, 2.75) is 12.2 Å². The average molecular weight is 355 g/mol. The van der Waals surface area contributed by atoms with Gasteiger partial charge in [-0.1, -0.05) is 36.4 Å². The Morgan fingerprint density at radius 3 is 1.62 bits per heavy atom. The molecule has 0 aliphatic carbocycles. The van der Waals surface area contributed by atoms with Crippen molar-refractivity contribution in [2.75, 3.05) is 0 Å². The van der Waals surface area contributed by atoms with Gasteiger partial charge in [0, 0.05) is 0 Å².